The van der Waals surface area contributed by atoms with E-state index in [4.69, 9.17) is 11.6 Å². The van der Waals surface area contributed by atoms with Crippen molar-refractivity contribution < 1.29 is 0 Å². The molecule has 0 N–H and O–H groups in total. The van der Waals surface area contributed by atoms with Crippen LogP contribution in [0.25, 0.3) is 21.3 Å². The number of aryl methyl sites for hydroxylation is 1. The number of hydrogen-bond acceptors (Lipinski definition) is 3. The predicted molar refractivity (Wildman–Crippen MR) is 77.3 cm³/mol. The number of rotatable bonds is 1. The lowest BCUT2D eigenvalue weighted by Gasteiger charge is -2.08. The summed E-state index contributed by atoms with van der Waals surface area (Å²) in [6.45, 7) is 3.83. The van der Waals surface area contributed by atoms with Crippen LogP contribution in [0.5, 0.6) is 0 Å². The Morgan fingerprint density at radius 2 is 1.94 bits per heavy atom. The lowest BCUT2D eigenvalue weighted by Crippen LogP contribution is -1.96. The number of nitrogens with zero attached hydrogens (tertiary/aromatic N) is 2. The average Bonchev–Trinajstić information content (AvgIpc) is 2.81. The number of benzene rings is 1. The highest BCUT2D eigenvalue weighted by atomic mass is 35.5. The Hall–Kier alpha value is -1.45. The first kappa shape index (κ1) is 11.6. The van der Waals surface area contributed by atoms with Gasteiger partial charge in [0, 0.05) is 15.8 Å². The molecule has 18 heavy (non-hydrogen) atoms. The highest BCUT2D eigenvalue weighted by Gasteiger charge is 2.12. The average molecular weight is 275 g/mol. The molecular formula is C14H11ClN2S. The van der Waals surface area contributed by atoms with Gasteiger partial charge in [0.1, 0.15) is 11.0 Å². The lowest BCUT2D eigenvalue weighted by atomic mass is 10.1. The van der Waals surface area contributed by atoms with E-state index in [0.29, 0.717) is 11.0 Å². The van der Waals surface area contributed by atoms with Crippen LogP contribution in [-0.2, 0) is 0 Å². The van der Waals surface area contributed by atoms with E-state index in [0.717, 1.165) is 16.8 Å². The first-order valence-electron chi connectivity index (χ1n) is 5.64. The Labute approximate surface area is 114 Å². The van der Waals surface area contributed by atoms with E-state index in [9.17, 15) is 0 Å². The van der Waals surface area contributed by atoms with Gasteiger partial charge >= 0.3 is 0 Å². The summed E-state index contributed by atoms with van der Waals surface area (Å²) in [6.07, 6.45) is 0. The normalized spacial score (nSPS) is 11.1. The van der Waals surface area contributed by atoms with E-state index in [1.807, 2.05) is 13.8 Å². The van der Waals surface area contributed by atoms with Gasteiger partial charge < -0.3 is 0 Å². The van der Waals surface area contributed by atoms with Gasteiger partial charge in [-0.1, -0.05) is 29.8 Å². The van der Waals surface area contributed by atoms with Crippen LogP contribution in [0.4, 0.5) is 0 Å². The molecule has 0 fully saturated rings. The molecule has 2 heterocycles. The number of halogens is 1. The minimum absolute atomic E-state index is 0.533. The summed E-state index contributed by atoms with van der Waals surface area (Å²) in [5.41, 5.74) is 3.00. The molecular weight excluding hydrogens is 264 g/mol. The molecule has 4 heteroatoms. The highest BCUT2D eigenvalue weighted by Crippen LogP contribution is 2.34. The van der Waals surface area contributed by atoms with Crippen molar-refractivity contribution in [1.82, 2.24) is 9.97 Å². The molecule has 0 amide bonds. The summed E-state index contributed by atoms with van der Waals surface area (Å²) in [5, 5.41) is 3.87. The second kappa shape index (κ2) is 4.34. The Morgan fingerprint density at radius 1 is 1.11 bits per heavy atom. The van der Waals surface area contributed by atoms with Crippen molar-refractivity contribution in [2.75, 3.05) is 0 Å². The minimum atomic E-state index is 0.533. The van der Waals surface area contributed by atoms with Crippen molar-refractivity contribution >= 4 is 33.0 Å². The second-order valence-corrected chi connectivity index (χ2v) is 5.45. The molecule has 0 aliphatic carbocycles. The third-order valence-electron chi connectivity index (χ3n) is 2.93. The van der Waals surface area contributed by atoms with Gasteiger partial charge in [0.15, 0.2) is 0 Å². The quantitative estimate of drug-likeness (QED) is 0.605. The third kappa shape index (κ3) is 1.80. The van der Waals surface area contributed by atoms with Gasteiger partial charge in [-0.05, 0) is 30.7 Å². The van der Waals surface area contributed by atoms with E-state index >= 15 is 0 Å². The summed E-state index contributed by atoms with van der Waals surface area (Å²) in [6, 6.07) is 8.37. The summed E-state index contributed by atoms with van der Waals surface area (Å²) in [7, 11) is 0. The maximum Gasteiger partial charge on any atom is 0.136 e. The maximum absolute atomic E-state index is 6.15. The van der Waals surface area contributed by atoms with Gasteiger partial charge in [0.2, 0.25) is 0 Å². The van der Waals surface area contributed by atoms with E-state index in [1.165, 1.54) is 10.1 Å². The zero-order valence-corrected chi connectivity index (χ0v) is 11.6. The molecule has 2 nitrogen and oxygen atoms in total. The zero-order valence-electron chi connectivity index (χ0n) is 10.1. The van der Waals surface area contributed by atoms with Crippen LogP contribution in [-0.4, -0.2) is 9.97 Å². The third-order valence-corrected chi connectivity index (χ3v) is 4.26. The van der Waals surface area contributed by atoms with Gasteiger partial charge in [-0.2, -0.15) is 0 Å². The Balaban J connectivity index is 2.36. The Bertz CT molecular complexity index is 734. The van der Waals surface area contributed by atoms with Crippen molar-refractivity contribution in [3.05, 3.63) is 46.2 Å². The number of aromatic nitrogens is 2. The van der Waals surface area contributed by atoms with Gasteiger partial charge in [-0.3, -0.25) is 0 Å². The molecule has 0 saturated heterocycles. The lowest BCUT2D eigenvalue weighted by molar-refractivity contribution is 1.04. The maximum atomic E-state index is 6.15. The van der Waals surface area contributed by atoms with Crippen molar-refractivity contribution in [1.29, 1.82) is 0 Å². The molecule has 0 atom stereocenters. The van der Waals surface area contributed by atoms with Gasteiger partial charge in [0.05, 0.1) is 5.69 Å². The number of hydrogen-bond donors (Lipinski definition) is 0. The fourth-order valence-corrected chi connectivity index (χ4v) is 3.16. The molecule has 1 aromatic carbocycles. The van der Waals surface area contributed by atoms with Crippen LogP contribution in [0.1, 0.15) is 11.4 Å². The Kier molecular flexibility index (Phi) is 2.80. The molecule has 0 unspecified atom stereocenters. The molecule has 3 aromatic rings. The fraction of sp³-hybridized carbons (Fsp3) is 0.143. The largest absolute Gasteiger partial charge is 0.233 e. The molecule has 0 aliphatic rings. The van der Waals surface area contributed by atoms with Crippen LogP contribution >= 0.6 is 22.9 Å². The zero-order chi connectivity index (χ0) is 12.7. The van der Waals surface area contributed by atoms with Crippen LogP contribution in [0, 0.1) is 13.8 Å². The standard InChI is InChI=1S/C14H11ClN2S/c1-8-12(16-9(2)17-14(8)15)11-5-3-4-10-6-7-18-13(10)11/h3-7H,1-2H3. The first-order valence-corrected chi connectivity index (χ1v) is 6.90. The molecule has 0 saturated carbocycles. The van der Waals surface area contributed by atoms with Crippen LogP contribution in [0.15, 0.2) is 29.6 Å². The summed E-state index contributed by atoms with van der Waals surface area (Å²) >= 11 is 7.87. The molecule has 3 rings (SSSR count). The van der Waals surface area contributed by atoms with Crippen LogP contribution in [0.2, 0.25) is 5.15 Å². The molecule has 0 bridgehead atoms. The summed E-state index contributed by atoms with van der Waals surface area (Å²) < 4.78 is 1.25. The summed E-state index contributed by atoms with van der Waals surface area (Å²) in [5.74, 6) is 0.703. The van der Waals surface area contributed by atoms with Crippen molar-refractivity contribution in [2.45, 2.75) is 13.8 Å². The van der Waals surface area contributed by atoms with Gasteiger partial charge in [-0.25, -0.2) is 9.97 Å². The Morgan fingerprint density at radius 3 is 2.78 bits per heavy atom. The van der Waals surface area contributed by atoms with E-state index < -0.39 is 0 Å². The molecule has 0 radical (unpaired) electrons. The predicted octanol–water partition coefficient (Wildman–Crippen LogP) is 4.63. The fourth-order valence-electron chi connectivity index (χ4n) is 2.04. The van der Waals surface area contributed by atoms with E-state index in [-0.39, 0.29) is 0 Å². The number of fused-ring (bicyclic) bond motifs is 1. The smallest absolute Gasteiger partial charge is 0.136 e. The molecule has 90 valence electrons. The van der Waals surface area contributed by atoms with Crippen LogP contribution in [0.3, 0.4) is 0 Å². The molecule has 2 aromatic heterocycles. The SMILES string of the molecule is Cc1nc(Cl)c(C)c(-c2cccc3ccsc23)n1. The van der Waals surface area contributed by atoms with Gasteiger partial charge in [-0.15, -0.1) is 11.3 Å². The highest BCUT2D eigenvalue weighted by molar-refractivity contribution is 7.17. The molecule has 0 aliphatic heterocycles. The van der Waals surface area contributed by atoms with Gasteiger partial charge in [0.25, 0.3) is 0 Å². The van der Waals surface area contributed by atoms with Crippen molar-refractivity contribution in [3.63, 3.8) is 0 Å². The van der Waals surface area contributed by atoms with Crippen molar-refractivity contribution in [2.24, 2.45) is 0 Å². The monoisotopic (exact) mass is 274 g/mol. The van der Waals surface area contributed by atoms with Crippen molar-refractivity contribution in [3.8, 4) is 11.3 Å². The minimum Gasteiger partial charge on any atom is -0.233 e. The number of thiophene rings is 1. The second-order valence-electron chi connectivity index (χ2n) is 4.18. The van der Waals surface area contributed by atoms with E-state index in [1.54, 1.807) is 11.3 Å². The van der Waals surface area contributed by atoms with E-state index in [2.05, 4.69) is 39.6 Å². The van der Waals surface area contributed by atoms with Crippen LogP contribution < -0.4 is 0 Å². The molecule has 0 spiro atoms. The topological polar surface area (TPSA) is 25.8 Å². The summed E-state index contributed by atoms with van der Waals surface area (Å²) in [4.78, 5) is 8.73. The first-order chi connectivity index (χ1) is 8.66.